The third-order valence-corrected chi connectivity index (χ3v) is 2.48. The molecule has 0 saturated heterocycles. The Morgan fingerprint density at radius 1 is 0.800 bits per heavy atom. The molecular formula is C18H30O2. The van der Waals surface area contributed by atoms with Gasteiger partial charge in [-0.3, -0.25) is 0 Å². The molecule has 2 heteroatoms. The van der Waals surface area contributed by atoms with Crippen molar-refractivity contribution in [1.82, 2.24) is 0 Å². The van der Waals surface area contributed by atoms with Gasteiger partial charge in [0, 0.05) is 0 Å². The van der Waals surface area contributed by atoms with Crippen molar-refractivity contribution < 1.29 is 9.47 Å². The van der Waals surface area contributed by atoms with Crippen LogP contribution in [0.4, 0.5) is 0 Å². The molecule has 0 amide bonds. The topological polar surface area (TPSA) is 18.5 Å². The first-order valence-electron chi connectivity index (χ1n) is 7.08. The van der Waals surface area contributed by atoms with Crippen LogP contribution in [0.15, 0.2) is 63.5 Å². The van der Waals surface area contributed by atoms with Gasteiger partial charge in [0.15, 0.2) is 0 Å². The van der Waals surface area contributed by atoms with Crippen LogP contribution >= 0.6 is 0 Å². The van der Waals surface area contributed by atoms with Crippen molar-refractivity contribution >= 4 is 0 Å². The van der Waals surface area contributed by atoms with Crippen molar-refractivity contribution in [2.24, 2.45) is 0 Å². The summed E-state index contributed by atoms with van der Waals surface area (Å²) in [5, 5.41) is 0. The Labute approximate surface area is 125 Å². The maximum Gasteiger partial charge on any atom is 0.0944 e. The average molecular weight is 278 g/mol. The second kappa shape index (κ2) is 17.5. The van der Waals surface area contributed by atoms with Crippen LogP contribution in [0.2, 0.25) is 0 Å². The van der Waals surface area contributed by atoms with Crippen molar-refractivity contribution in [3.8, 4) is 0 Å². The van der Waals surface area contributed by atoms with E-state index in [4.69, 9.17) is 9.47 Å². The van der Waals surface area contributed by atoms with E-state index in [0.29, 0.717) is 0 Å². The minimum Gasteiger partial charge on any atom is -0.502 e. The molecule has 0 heterocycles. The summed E-state index contributed by atoms with van der Waals surface area (Å²) in [5.41, 5.74) is 0. The van der Waals surface area contributed by atoms with Crippen LogP contribution in [0.1, 0.15) is 32.6 Å². The van der Waals surface area contributed by atoms with E-state index < -0.39 is 0 Å². The average Bonchev–Trinajstić information content (AvgIpc) is 2.49. The zero-order valence-electron chi connectivity index (χ0n) is 12.9. The molecular weight excluding hydrogens is 248 g/mol. The van der Waals surface area contributed by atoms with Crippen molar-refractivity contribution in [3.63, 3.8) is 0 Å². The van der Waals surface area contributed by atoms with E-state index in [1.165, 1.54) is 31.9 Å². The van der Waals surface area contributed by atoms with Crippen molar-refractivity contribution in [1.29, 1.82) is 0 Å². The lowest BCUT2D eigenvalue weighted by atomic mass is 10.2. The van der Waals surface area contributed by atoms with E-state index in [2.05, 4.69) is 39.8 Å². The summed E-state index contributed by atoms with van der Waals surface area (Å²) < 4.78 is 10.3. The molecule has 0 aromatic carbocycles. The molecule has 0 aromatic heterocycles. The SMILES string of the molecule is C=CC(C=C)OC(C=C)C=C.C=COCCCCCC. The van der Waals surface area contributed by atoms with Gasteiger partial charge >= 0.3 is 0 Å². The first-order chi connectivity index (χ1) is 9.69. The molecule has 0 spiro atoms. The molecule has 114 valence electrons. The number of hydrogen-bond donors (Lipinski definition) is 0. The van der Waals surface area contributed by atoms with Gasteiger partial charge in [-0.2, -0.15) is 0 Å². The molecule has 0 atom stereocenters. The van der Waals surface area contributed by atoms with Crippen LogP contribution in [0.25, 0.3) is 0 Å². The maximum atomic E-state index is 5.38. The molecule has 20 heavy (non-hydrogen) atoms. The quantitative estimate of drug-likeness (QED) is 0.277. The molecule has 0 rings (SSSR count). The smallest absolute Gasteiger partial charge is 0.0944 e. The summed E-state index contributed by atoms with van der Waals surface area (Å²) in [6.07, 6.45) is 13.0. The normalized spacial score (nSPS) is 9.35. The monoisotopic (exact) mass is 278 g/mol. The fourth-order valence-electron chi connectivity index (χ4n) is 1.29. The minimum absolute atomic E-state index is 0.129. The maximum absolute atomic E-state index is 5.38. The van der Waals surface area contributed by atoms with Crippen LogP contribution in [-0.4, -0.2) is 18.8 Å². The van der Waals surface area contributed by atoms with Crippen LogP contribution in [0, 0.1) is 0 Å². The van der Waals surface area contributed by atoms with Crippen molar-refractivity contribution in [2.45, 2.75) is 44.8 Å². The molecule has 0 bridgehead atoms. The Bertz CT molecular complexity index is 235. The highest BCUT2D eigenvalue weighted by atomic mass is 16.5. The standard InChI is InChI=1S/C10H14O.C8H16O/c1-5-9(6-2)11-10(7-3)8-4;1-3-5-6-7-8-9-4-2/h5-10H,1-4H2;4H,2-3,5-8H2,1H3. The molecule has 0 fully saturated rings. The fraction of sp³-hybridized carbons (Fsp3) is 0.444. The predicted octanol–water partition coefficient (Wildman–Crippen LogP) is 5.21. The summed E-state index contributed by atoms with van der Waals surface area (Å²) in [4.78, 5) is 0. The van der Waals surface area contributed by atoms with Crippen LogP contribution in [-0.2, 0) is 9.47 Å². The van der Waals surface area contributed by atoms with Gasteiger partial charge in [0.05, 0.1) is 25.1 Å². The summed E-state index contributed by atoms with van der Waals surface area (Å²) in [5.74, 6) is 0. The number of rotatable bonds is 12. The Morgan fingerprint density at radius 3 is 1.65 bits per heavy atom. The lowest BCUT2D eigenvalue weighted by molar-refractivity contribution is 0.0972. The molecule has 0 aliphatic heterocycles. The lowest BCUT2D eigenvalue weighted by Gasteiger charge is -2.13. The molecule has 0 aliphatic rings. The lowest BCUT2D eigenvalue weighted by Crippen LogP contribution is -2.14. The second-order valence-electron chi connectivity index (χ2n) is 4.11. The van der Waals surface area contributed by atoms with Gasteiger partial charge in [-0.1, -0.05) is 57.1 Å². The molecule has 0 aliphatic carbocycles. The van der Waals surface area contributed by atoms with Gasteiger partial charge < -0.3 is 9.47 Å². The second-order valence-corrected chi connectivity index (χ2v) is 4.11. The van der Waals surface area contributed by atoms with E-state index in [0.717, 1.165) is 6.61 Å². The highest BCUT2D eigenvalue weighted by Crippen LogP contribution is 2.02. The molecule has 0 unspecified atom stereocenters. The van der Waals surface area contributed by atoms with E-state index in [-0.39, 0.29) is 12.2 Å². The van der Waals surface area contributed by atoms with Gasteiger partial charge in [-0.25, -0.2) is 0 Å². The summed E-state index contributed by atoms with van der Waals surface area (Å²) in [7, 11) is 0. The number of unbranched alkanes of at least 4 members (excludes halogenated alkanes) is 3. The Kier molecular flexibility index (Phi) is 18.1. The number of ether oxygens (including phenoxy) is 2. The largest absolute Gasteiger partial charge is 0.502 e. The van der Waals surface area contributed by atoms with Crippen LogP contribution < -0.4 is 0 Å². The zero-order chi connectivity index (χ0) is 15.6. The van der Waals surface area contributed by atoms with Crippen LogP contribution in [0.3, 0.4) is 0 Å². The minimum atomic E-state index is -0.129. The molecule has 2 nitrogen and oxygen atoms in total. The molecule has 0 aromatic rings. The fourth-order valence-corrected chi connectivity index (χ4v) is 1.29. The molecule has 0 N–H and O–H groups in total. The van der Waals surface area contributed by atoms with Crippen molar-refractivity contribution in [2.75, 3.05) is 6.61 Å². The molecule has 0 radical (unpaired) electrons. The van der Waals surface area contributed by atoms with Crippen molar-refractivity contribution in [3.05, 3.63) is 63.5 Å². The van der Waals surface area contributed by atoms with E-state index in [1.54, 1.807) is 24.3 Å². The highest BCUT2D eigenvalue weighted by Gasteiger charge is 2.03. The Balaban J connectivity index is 0. The van der Waals surface area contributed by atoms with E-state index >= 15 is 0 Å². The van der Waals surface area contributed by atoms with E-state index in [1.807, 2.05) is 0 Å². The first kappa shape index (κ1) is 20.8. The molecule has 0 saturated carbocycles. The third kappa shape index (κ3) is 14.5. The van der Waals surface area contributed by atoms with Crippen LogP contribution in [0.5, 0.6) is 0 Å². The third-order valence-electron chi connectivity index (χ3n) is 2.48. The highest BCUT2D eigenvalue weighted by molar-refractivity contribution is 5.00. The predicted molar refractivity (Wildman–Crippen MR) is 89.7 cm³/mol. The summed E-state index contributed by atoms with van der Waals surface area (Å²) in [6, 6.07) is 0. The van der Waals surface area contributed by atoms with Gasteiger partial charge in [-0.15, -0.1) is 26.3 Å². The first-order valence-corrected chi connectivity index (χ1v) is 7.08. The van der Waals surface area contributed by atoms with Gasteiger partial charge in [0.25, 0.3) is 0 Å². The van der Waals surface area contributed by atoms with Gasteiger partial charge in [0.2, 0.25) is 0 Å². The van der Waals surface area contributed by atoms with E-state index in [9.17, 15) is 0 Å². The Morgan fingerprint density at radius 2 is 1.30 bits per heavy atom. The summed E-state index contributed by atoms with van der Waals surface area (Å²) >= 11 is 0. The summed E-state index contributed by atoms with van der Waals surface area (Å²) in [6.45, 7) is 20.9. The van der Waals surface area contributed by atoms with Gasteiger partial charge in [-0.05, 0) is 6.42 Å². The zero-order valence-corrected chi connectivity index (χ0v) is 12.9. The Hall–Kier alpha value is -1.54. The van der Waals surface area contributed by atoms with Gasteiger partial charge in [0.1, 0.15) is 0 Å². The number of hydrogen-bond acceptors (Lipinski definition) is 2.